The fourth-order valence-electron chi connectivity index (χ4n) is 2.69. The molecule has 2 N–H and O–H groups in total. The summed E-state index contributed by atoms with van der Waals surface area (Å²) < 4.78 is 27.6. The molecule has 21 heavy (non-hydrogen) atoms. The van der Waals surface area contributed by atoms with Crippen molar-refractivity contribution in [2.75, 3.05) is 22.7 Å². The van der Waals surface area contributed by atoms with E-state index in [0.29, 0.717) is 23.6 Å². The van der Waals surface area contributed by atoms with Crippen LogP contribution in [0.3, 0.4) is 0 Å². The Balaban J connectivity index is 2.16. The molecule has 112 valence electrons. The van der Waals surface area contributed by atoms with Gasteiger partial charge in [-0.3, -0.25) is 9.40 Å². The summed E-state index contributed by atoms with van der Waals surface area (Å²) in [5, 5.41) is 10.0. The lowest BCUT2D eigenvalue weighted by Gasteiger charge is -2.24. The van der Waals surface area contributed by atoms with Gasteiger partial charge in [-0.25, -0.2) is 8.42 Å². The van der Waals surface area contributed by atoms with Gasteiger partial charge < -0.3 is 5.32 Å². The number of benzene rings is 1. The SMILES string of the molecule is Cc1n[nH]c(C)c1S(=O)(=O)N1CCCNc2ccccc21. The minimum Gasteiger partial charge on any atom is -0.383 e. The third-order valence-corrected chi connectivity index (χ3v) is 5.71. The summed E-state index contributed by atoms with van der Waals surface area (Å²) in [6.07, 6.45) is 0.754. The summed E-state index contributed by atoms with van der Waals surface area (Å²) in [6.45, 7) is 4.65. The van der Waals surface area contributed by atoms with E-state index < -0.39 is 10.0 Å². The first kappa shape index (κ1) is 13.9. The number of sulfonamides is 1. The van der Waals surface area contributed by atoms with Gasteiger partial charge in [0.25, 0.3) is 10.0 Å². The van der Waals surface area contributed by atoms with Gasteiger partial charge in [-0.15, -0.1) is 0 Å². The van der Waals surface area contributed by atoms with Crippen LogP contribution in [0, 0.1) is 13.8 Å². The number of nitrogens with zero attached hydrogens (tertiary/aromatic N) is 2. The Bertz CT molecular complexity index is 748. The largest absolute Gasteiger partial charge is 0.383 e. The molecule has 0 unspecified atom stereocenters. The van der Waals surface area contributed by atoms with Crippen molar-refractivity contribution in [2.45, 2.75) is 25.2 Å². The minimum absolute atomic E-state index is 0.277. The average molecular weight is 306 g/mol. The number of para-hydroxylation sites is 2. The van der Waals surface area contributed by atoms with Crippen LogP contribution in [0.15, 0.2) is 29.2 Å². The van der Waals surface area contributed by atoms with E-state index in [0.717, 1.165) is 18.7 Å². The second-order valence-electron chi connectivity index (χ2n) is 5.14. The molecule has 0 aliphatic carbocycles. The highest BCUT2D eigenvalue weighted by molar-refractivity contribution is 7.93. The third kappa shape index (κ3) is 2.27. The highest BCUT2D eigenvalue weighted by atomic mass is 32.2. The van der Waals surface area contributed by atoms with Crippen LogP contribution in [0.5, 0.6) is 0 Å². The van der Waals surface area contributed by atoms with Crippen LogP contribution in [-0.2, 0) is 10.0 Å². The zero-order chi connectivity index (χ0) is 15.0. The number of hydrogen-bond donors (Lipinski definition) is 2. The predicted molar refractivity (Wildman–Crippen MR) is 82.1 cm³/mol. The number of aryl methyl sites for hydroxylation is 2. The Hall–Kier alpha value is -2.02. The lowest BCUT2D eigenvalue weighted by molar-refractivity contribution is 0.589. The lowest BCUT2D eigenvalue weighted by Crippen LogP contribution is -2.32. The van der Waals surface area contributed by atoms with E-state index in [-0.39, 0.29) is 4.90 Å². The fourth-order valence-corrected chi connectivity index (χ4v) is 4.55. The zero-order valence-electron chi connectivity index (χ0n) is 12.0. The summed E-state index contributed by atoms with van der Waals surface area (Å²) in [7, 11) is -3.62. The molecule has 0 spiro atoms. The molecular weight excluding hydrogens is 288 g/mol. The Morgan fingerprint density at radius 2 is 2.00 bits per heavy atom. The van der Waals surface area contributed by atoms with Crippen LogP contribution < -0.4 is 9.62 Å². The van der Waals surface area contributed by atoms with Gasteiger partial charge >= 0.3 is 0 Å². The molecule has 0 amide bonds. The average Bonchev–Trinajstić information content (AvgIpc) is 2.68. The molecule has 2 heterocycles. The lowest BCUT2D eigenvalue weighted by atomic mass is 10.2. The molecule has 0 fully saturated rings. The highest BCUT2D eigenvalue weighted by Gasteiger charge is 2.31. The zero-order valence-corrected chi connectivity index (χ0v) is 12.9. The molecule has 0 saturated carbocycles. The van der Waals surface area contributed by atoms with Crippen LogP contribution in [-0.4, -0.2) is 31.7 Å². The normalized spacial score (nSPS) is 15.2. The van der Waals surface area contributed by atoms with Crippen molar-refractivity contribution in [2.24, 2.45) is 0 Å². The molecule has 0 radical (unpaired) electrons. The summed E-state index contributed by atoms with van der Waals surface area (Å²) >= 11 is 0. The molecule has 6 nitrogen and oxygen atoms in total. The van der Waals surface area contributed by atoms with E-state index in [9.17, 15) is 8.42 Å². The number of aromatic amines is 1. The van der Waals surface area contributed by atoms with Crippen molar-refractivity contribution >= 4 is 21.4 Å². The van der Waals surface area contributed by atoms with Crippen LogP contribution in [0.1, 0.15) is 17.8 Å². The summed E-state index contributed by atoms with van der Waals surface area (Å²) in [4.78, 5) is 0.277. The molecule has 2 aromatic rings. The molecule has 0 saturated heterocycles. The molecule has 1 aliphatic rings. The number of H-pyrrole nitrogens is 1. The van der Waals surface area contributed by atoms with Gasteiger partial charge in [-0.2, -0.15) is 5.10 Å². The maximum atomic E-state index is 13.0. The summed E-state index contributed by atoms with van der Waals surface area (Å²) in [5.41, 5.74) is 2.61. The van der Waals surface area contributed by atoms with Crippen LogP contribution in [0.25, 0.3) is 0 Å². The molecule has 1 aromatic heterocycles. The molecule has 3 rings (SSSR count). The van der Waals surface area contributed by atoms with Gasteiger partial charge in [-0.05, 0) is 32.4 Å². The number of hydrogen-bond acceptors (Lipinski definition) is 4. The number of rotatable bonds is 2. The fraction of sp³-hybridized carbons (Fsp3) is 0.357. The second kappa shape index (κ2) is 5.07. The molecule has 1 aromatic carbocycles. The third-order valence-electron chi connectivity index (χ3n) is 3.63. The Kier molecular flexibility index (Phi) is 3.36. The molecule has 7 heteroatoms. The van der Waals surface area contributed by atoms with Gasteiger partial charge in [0, 0.05) is 13.1 Å². The van der Waals surface area contributed by atoms with Gasteiger partial charge in [0.15, 0.2) is 0 Å². The van der Waals surface area contributed by atoms with E-state index in [1.165, 1.54) is 4.31 Å². The maximum Gasteiger partial charge on any atom is 0.268 e. The van der Waals surface area contributed by atoms with Crippen LogP contribution >= 0.6 is 0 Å². The first-order valence-corrected chi connectivity index (χ1v) is 8.33. The maximum absolute atomic E-state index is 13.0. The van der Waals surface area contributed by atoms with Gasteiger partial charge in [0.2, 0.25) is 0 Å². The second-order valence-corrected chi connectivity index (χ2v) is 6.94. The van der Waals surface area contributed by atoms with Gasteiger partial charge in [-0.1, -0.05) is 12.1 Å². The summed E-state index contributed by atoms with van der Waals surface area (Å²) in [6, 6.07) is 7.48. The van der Waals surface area contributed by atoms with E-state index in [1.807, 2.05) is 24.3 Å². The smallest absolute Gasteiger partial charge is 0.268 e. The minimum atomic E-state index is -3.62. The molecule has 0 bridgehead atoms. The predicted octanol–water partition coefficient (Wildman–Crippen LogP) is 2.04. The van der Waals surface area contributed by atoms with Gasteiger partial charge in [0.1, 0.15) is 4.90 Å². The van der Waals surface area contributed by atoms with Crippen molar-refractivity contribution in [3.63, 3.8) is 0 Å². The van der Waals surface area contributed by atoms with Crippen molar-refractivity contribution in [3.8, 4) is 0 Å². The first-order chi connectivity index (χ1) is 10.0. The van der Waals surface area contributed by atoms with E-state index in [1.54, 1.807) is 13.8 Å². The number of nitrogens with one attached hydrogen (secondary N) is 2. The number of anilines is 2. The Morgan fingerprint density at radius 1 is 1.24 bits per heavy atom. The quantitative estimate of drug-likeness (QED) is 0.890. The molecular formula is C14H18N4O2S. The van der Waals surface area contributed by atoms with Crippen molar-refractivity contribution in [3.05, 3.63) is 35.7 Å². The van der Waals surface area contributed by atoms with E-state index in [4.69, 9.17) is 0 Å². The monoisotopic (exact) mass is 306 g/mol. The van der Waals surface area contributed by atoms with E-state index >= 15 is 0 Å². The highest BCUT2D eigenvalue weighted by Crippen LogP contribution is 2.33. The van der Waals surface area contributed by atoms with Crippen molar-refractivity contribution < 1.29 is 8.42 Å². The number of fused-ring (bicyclic) bond motifs is 1. The van der Waals surface area contributed by atoms with Crippen molar-refractivity contribution in [1.29, 1.82) is 0 Å². The topological polar surface area (TPSA) is 78.1 Å². The van der Waals surface area contributed by atoms with Crippen molar-refractivity contribution in [1.82, 2.24) is 10.2 Å². The standard InChI is InChI=1S/C14H18N4O2S/c1-10-14(11(2)17-16-10)21(19,20)18-9-5-8-15-12-6-3-4-7-13(12)18/h3-4,6-7,15H,5,8-9H2,1-2H3,(H,16,17). The number of aromatic nitrogens is 2. The summed E-state index contributed by atoms with van der Waals surface area (Å²) in [5.74, 6) is 0. The van der Waals surface area contributed by atoms with Crippen LogP contribution in [0.4, 0.5) is 11.4 Å². The first-order valence-electron chi connectivity index (χ1n) is 6.89. The van der Waals surface area contributed by atoms with Gasteiger partial charge in [0.05, 0.1) is 22.8 Å². The Morgan fingerprint density at radius 3 is 2.71 bits per heavy atom. The molecule has 0 atom stereocenters. The van der Waals surface area contributed by atoms with E-state index in [2.05, 4.69) is 15.5 Å². The van der Waals surface area contributed by atoms with Crippen LogP contribution in [0.2, 0.25) is 0 Å². The Labute approximate surface area is 124 Å². The molecule has 1 aliphatic heterocycles.